The molecule has 2 aromatic carbocycles. The Morgan fingerprint density at radius 3 is 2.43 bits per heavy atom. The molecule has 0 amide bonds. The highest BCUT2D eigenvalue weighted by Crippen LogP contribution is 2.22. The molecule has 0 heterocycles. The molecule has 0 atom stereocenters. The maximum Gasteiger partial charge on any atom is 0.323 e. The molecule has 0 aliphatic carbocycles. The molecule has 110 valence electrons. The van der Waals surface area contributed by atoms with Gasteiger partial charge in [-0.15, -0.1) is 0 Å². The van der Waals surface area contributed by atoms with Gasteiger partial charge >= 0.3 is 5.97 Å². The molecule has 0 saturated heterocycles. The first-order chi connectivity index (χ1) is 9.95. The second-order valence-electron chi connectivity index (χ2n) is 4.51. The summed E-state index contributed by atoms with van der Waals surface area (Å²) in [5.74, 6) is -2.17. The van der Waals surface area contributed by atoms with E-state index in [1.807, 2.05) is 0 Å². The zero-order chi connectivity index (χ0) is 15.4. The molecule has 2 aromatic rings. The number of aliphatic carboxylic acids is 1. The number of phenolic OH excluding ortho intramolecular Hbond substituents is 1. The topological polar surface area (TPSA) is 60.8 Å². The molecular formula is C15H13ClFNO3. The van der Waals surface area contributed by atoms with Crippen molar-refractivity contribution in [2.75, 3.05) is 11.4 Å². The lowest BCUT2D eigenvalue weighted by molar-refractivity contribution is -0.135. The highest BCUT2D eigenvalue weighted by Gasteiger charge is 2.12. The van der Waals surface area contributed by atoms with E-state index in [4.69, 9.17) is 16.7 Å². The van der Waals surface area contributed by atoms with Gasteiger partial charge in [-0.3, -0.25) is 4.79 Å². The molecule has 0 saturated carbocycles. The maximum absolute atomic E-state index is 13.3. The van der Waals surface area contributed by atoms with Crippen molar-refractivity contribution in [3.8, 4) is 5.75 Å². The number of nitrogens with zero attached hydrogens (tertiary/aromatic N) is 1. The largest absolute Gasteiger partial charge is 0.505 e. The van der Waals surface area contributed by atoms with Crippen LogP contribution in [0, 0.1) is 5.82 Å². The van der Waals surface area contributed by atoms with E-state index in [1.165, 1.54) is 12.1 Å². The van der Waals surface area contributed by atoms with Crippen LogP contribution in [0.5, 0.6) is 5.75 Å². The Labute approximate surface area is 126 Å². The van der Waals surface area contributed by atoms with Crippen LogP contribution in [0.25, 0.3) is 0 Å². The van der Waals surface area contributed by atoms with Crippen molar-refractivity contribution in [2.45, 2.75) is 6.54 Å². The van der Waals surface area contributed by atoms with Crippen LogP contribution >= 0.6 is 11.6 Å². The Kier molecular flexibility index (Phi) is 4.65. The normalized spacial score (nSPS) is 10.4. The summed E-state index contributed by atoms with van der Waals surface area (Å²) < 4.78 is 13.3. The number of benzene rings is 2. The first-order valence-electron chi connectivity index (χ1n) is 6.15. The van der Waals surface area contributed by atoms with E-state index in [0.717, 1.165) is 0 Å². The number of aromatic hydroxyl groups is 1. The lowest BCUT2D eigenvalue weighted by atomic mass is 10.1. The Morgan fingerprint density at radius 2 is 1.86 bits per heavy atom. The van der Waals surface area contributed by atoms with Gasteiger partial charge in [0.05, 0.1) is 0 Å². The zero-order valence-corrected chi connectivity index (χ0v) is 11.7. The number of anilines is 1. The minimum absolute atomic E-state index is 0.200. The fourth-order valence-corrected chi connectivity index (χ4v) is 2.05. The van der Waals surface area contributed by atoms with Crippen molar-refractivity contribution >= 4 is 23.3 Å². The van der Waals surface area contributed by atoms with E-state index in [-0.39, 0.29) is 13.1 Å². The van der Waals surface area contributed by atoms with Crippen molar-refractivity contribution in [1.29, 1.82) is 0 Å². The Balaban J connectivity index is 2.25. The quantitative estimate of drug-likeness (QED) is 0.890. The highest BCUT2D eigenvalue weighted by molar-refractivity contribution is 6.30. The standard InChI is InChI=1S/C15H13ClFNO3/c16-11-2-4-12(5-3-11)18(9-15(20)21)8-10-1-6-14(19)13(17)7-10/h1-7,19H,8-9H2,(H,20,21). The monoisotopic (exact) mass is 309 g/mol. The van der Waals surface area contributed by atoms with Gasteiger partial charge in [-0.1, -0.05) is 17.7 Å². The van der Waals surface area contributed by atoms with Crippen molar-refractivity contribution < 1.29 is 19.4 Å². The van der Waals surface area contributed by atoms with Gasteiger partial charge in [-0.25, -0.2) is 4.39 Å². The summed E-state index contributed by atoms with van der Waals surface area (Å²) in [7, 11) is 0. The molecule has 2 rings (SSSR count). The molecule has 0 aliphatic rings. The number of hydrogen-bond donors (Lipinski definition) is 2. The summed E-state index contributed by atoms with van der Waals surface area (Å²) >= 11 is 5.81. The molecule has 21 heavy (non-hydrogen) atoms. The number of hydrogen-bond acceptors (Lipinski definition) is 3. The number of carboxylic acid groups (broad SMARTS) is 1. The van der Waals surface area contributed by atoms with Gasteiger partial charge in [0.2, 0.25) is 0 Å². The van der Waals surface area contributed by atoms with E-state index in [1.54, 1.807) is 35.2 Å². The van der Waals surface area contributed by atoms with Crippen molar-refractivity contribution in [3.63, 3.8) is 0 Å². The third-order valence-electron chi connectivity index (χ3n) is 2.90. The predicted octanol–water partition coefficient (Wildman–Crippen LogP) is 3.28. The van der Waals surface area contributed by atoms with Crippen molar-refractivity contribution in [1.82, 2.24) is 0 Å². The maximum atomic E-state index is 13.3. The van der Waals surface area contributed by atoms with Gasteiger partial charge in [-0.2, -0.15) is 0 Å². The van der Waals surface area contributed by atoms with Gasteiger partial charge in [0.15, 0.2) is 11.6 Å². The van der Waals surface area contributed by atoms with Crippen LogP contribution in [0.15, 0.2) is 42.5 Å². The van der Waals surface area contributed by atoms with Crippen LogP contribution in [0.1, 0.15) is 5.56 Å². The summed E-state index contributed by atoms with van der Waals surface area (Å²) in [6.07, 6.45) is 0. The Morgan fingerprint density at radius 1 is 1.19 bits per heavy atom. The second kappa shape index (κ2) is 6.45. The van der Waals surface area contributed by atoms with Crippen LogP contribution in [-0.4, -0.2) is 22.7 Å². The van der Waals surface area contributed by atoms with Gasteiger partial charge < -0.3 is 15.1 Å². The fourth-order valence-electron chi connectivity index (χ4n) is 1.92. The minimum Gasteiger partial charge on any atom is -0.505 e. The number of carbonyl (C=O) groups is 1. The molecule has 6 heteroatoms. The number of halogens is 2. The average Bonchev–Trinajstić information content (AvgIpc) is 2.42. The fraction of sp³-hybridized carbons (Fsp3) is 0.133. The lowest BCUT2D eigenvalue weighted by Crippen LogP contribution is -2.29. The first-order valence-corrected chi connectivity index (χ1v) is 6.53. The molecule has 0 aromatic heterocycles. The van der Waals surface area contributed by atoms with Crippen LogP contribution < -0.4 is 4.90 Å². The van der Waals surface area contributed by atoms with Crippen LogP contribution in [-0.2, 0) is 11.3 Å². The van der Waals surface area contributed by atoms with E-state index in [9.17, 15) is 14.3 Å². The Hall–Kier alpha value is -2.27. The summed E-state index contributed by atoms with van der Waals surface area (Å²) in [6.45, 7) is -0.0325. The first kappa shape index (κ1) is 15.1. The van der Waals surface area contributed by atoms with Crippen LogP contribution in [0.2, 0.25) is 5.02 Å². The molecule has 0 bridgehead atoms. The van der Waals surface area contributed by atoms with Crippen molar-refractivity contribution in [3.05, 3.63) is 58.9 Å². The third-order valence-corrected chi connectivity index (χ3v) is 3.16. The summed E-state index contributed by atoms with van der Waals surface area (Å²) in [5, 5.41) is 18.7. The zero-order valence-electron chi connectivity index (χ0n) is 11.0. The Bertz CT molecular complexity index is 646. The minimum atomic E-state index is -0.996. The third kappa shape index (κ3) is 4.10. The molecular weight excluding hydrogens is 297 g/mol. The summed E-state index contributed by atoms with van der Waals surface area (Å²) in [5.41, 5.74) is 1.22. The molecule has 4 nitrogen and oxygen atoms in total. The SMILES string of the molecule is O=C(O)CN(Cc1ccc(O)c(F)c1)c1ccc(Cl)cc1. The molecule has 0 radical (unpaired) electrons. The lowest BCUT2D eigenvalue weighted by Gasteiger charge is -2.23. The van der Waals surface area contributed by atoms with Crippen LogP contribution in [0.3, 0.4) is 0 Å². The smallest absolute Gasteiger partial charge is 0.323 e. The predicted molar refractivity (Wildman–Crippen MR) is 78.2 cm³/mol. The molecule has 0 unspecified atom stereocenters. The molecule has 2 N–H and O–H groups in total. The second-order valence-corrected chi connectivity index (χ2v) is 4.95. The molecule has 0 spiro atoms. The molecule has 0 fully saturated rings. The summed E-state index contributed by atoms with van der Waals surface area (Å²) in [4.78, 5) is 12.6. The van der Waals surface area contributed by atoms with Crippen molar-refractivity contribution in [2.24, 2.45) is 0 Å². The van der Waals surface area contributed by atoms with Gasteiger partial charge in [-0.05, 0) is 42.0 Å². The van der Waals surface area contributed by atoms with E-state index in [0.29, 0.717) is 16.3 Å². The number of rotatable bonds is 5. The highest BCUT2D eigenvalue weighted by atomic mass is 35.5. The number of carboxylic acids is 1. The summed E-state index contributed by atoms with van der Waals surface area (Å²) in [6, 6.07) is 10.7. The van der Waals surface area contributed by atoms with Gasteiger partial charge in [0, 0.05) is 17.3 Å². The van der Waals surface area contributed by atoms with Crippen LogP contribution in [0.4, 0.5) is 10.1 Å². The van der Waals surface area contributed by atoms with Gasteiger partial charge in [0.25, 0.3) is 0 Å². The molecule has 0 aliphatic heterocycles. The average molecular weight is 310 g/mol. The van der Waals surface area contributed by atoms with E-state index >= 15 is 0 Å². The van der Waals surface area contributed by atoms with Gasteiger partial charge in [0.1, 0.15) is 6.54 Å². The van der Waals surface area contributed by atoms with E-state index < -0.39 is 17.5 Å². The number of phenols is 1. The van der Waals surface area contributed by atoms with E-state index in [2.05, 4.69) is 0 Å².